The van der Waals surface area contributed by atoms with Crippen LogP contribution in [-0.4, -0.2) is 51.9 Å². The minimum Gasteiger partial charge on any atom is -0.353 e. The van der Waals surface area contributed by atoms with Gasteiger partial charge in [-0.15, -0.1) is 0 Å². The summed E-state index contributed by atoms with van der Waals surface area (Å²) in [6.07, 6.45) is 4.91. The van der Waals surface area contributed by atoms with E-state index in [1.54, 1.807) is 18.3 Å². The maximum Gasteiger partial charge on any atom is 0.233 e. The molecule has 1 aliphatic carbocycles. The molecule has 1 saturated heterocycles. The van der Waals surface area contributed by atoms with Gasteiger partial charge in [0, 0.05) is 38.4 Å². The number of anilines is 3. The summed E-state index contributed by atoms with van der Waals surface area (Å²) in [5.74, 6) is 2.09. The fourth-order valence-corrected chi connectivity index (χ4v) is 4.12. The molecule has 3 aromatic rings. The van der Waals surface area contributed by atoms with Gasteiger partial charge in [-0.2, -0.15) is 0 Å². The van der Waals surface area contributed by atoms with Gasteiger partial charge in [0.25, 0.3) is 0 Å². The minimum absolute atomic E-state index is 0.152. The van der Waals surface area contributed by atoms with Crippen LogP contribution < -0.4 is 10.2 Å². The summed E-state index contributed by atoms with van der Waals surface area (Å²) in [6, 6.07) is 13.9. The average molecular weight is 418 g/mol. The van der Waals surface area contributed by atoms with Gasteiger partial charge in [0.15, 0.2) is 0 Å². The van der Waals surface area contributed by atoms with Gasteiger partial charge >= 0.3 is 0 Å². The molecule has 1 saturated carbocycles. The molecule has 1 N–H and O–H groups in total. The van der Waals surface area contributed by atoms with E-state index in [0.29, 0.717) is 32.0 Å². The number of carbonyl (C=O) groups is 1. The molecule has 0 radical (unpaired) electrons. The van der Waals surface area contributed by atoms with Crippen LogP contribution in [0, 0.1) is 5.82 Å². The van der Waals surface area contributed by atoms with E-state index in [2.05, 4.69) is 25.2 Å². The fraction of sp³-hybridized carbons (Fsp3) is 0.304. The number of hydrogen-bond acceptors (Lipinski definition) is 6. The number of carbonyl (C=O) groups excluding carboxylic acids is 1. The molecule has 2 aromatic heterocycles. The molecule has 0 spiro atoms. The molecule has 0 atom stereocenters. The standard InChI is InChI=1S/C23H23FN6O/c24-18-6-4-17(5-7-18)23(8-9-23)22(31)30-13-11-29(12-14-30)21-15-20(26-16-27-21)28-19-3-1-2-10-25-19/h1-7,10,15-16H,8-9,11-14H2,(H,25,26,27,28). The molecule has 2 aliphatic rings. The van der Waals surface area contributed by atoms with E-state index >= 15 is 0 Å². The molecule has 7 nitrogen and oxygen atoms in total. The van der Waals surface area contributed by atoms with Crippen molar-refractivity contribution in [3.05, 3.63) is 72.4 Å². The molecular weight excluding hydrogens is 395 g/mol. The highest BCUT2D eigenvalue weighted by Crippen LogP contribution is 2.49. The predicted molar refractivity (Wildman–Crippen MR) is 116 cm³/mol. The number of benzene rings is 1. The van der Waals surface area contributed by atoms with Crippen molar-refractivity contribution in [2.75, 3.05) is 36.4 Å². The first-order valence-corrected chi connectivity index (χ1v) is 10.4. The Kier molecular flexibility index (Phi) is 4.97. The van der Waals surface area contributed by atoms with Crippen molar-refractivity contribution in [2.24, 2.45) is 0 Å². The number of pyridine rings is 1. The van der Waals surface area contributed by atoms with Crippen LogP contribution in [0.25, 0.3) is 0 Å². The number of piperazine rings is 1. The maximum absolute atomic E-state index is 13.3. The largest absolute Gasteiger partial charge is 0.353 e. The van der Waals surface area contributed by atoms with Crippen LogP contribution in [0.4, 0.5) is 21.8 Å². The van der Waals surface area contributed by atoms with E-state index in [4.69, 9.17) is 0 Å². The SMILES string of the molecule is O=C(N1CCN(c2cc(Nc3ccccn3)ncn2)CC1)C1(c2ccc(F)cc2)CC1. The summed E-state index contributed by atoms with van der Waals surface area (Å²) in [6.45, 7) is 2.67. The second-order valence-corrected chi connectivity index (χ2v) is 7.97. The van der Waals surface area contributed by atoms with Crippen LogP contribution in [0.2, 0.25) is 0 Å². The minimum atomic E-state index is -0.468. The molecule has 5 rings (SSSR count). The number of aromatic nitrogens is 3. The lowest BCUT2D eigenvalue weighted by atomic mass is 9.94. The van der Waals surface area contributed by atoms with E-state index < -0.39 is 5.41 Å². The number of nitrogens with zero attached hydrogens (tertiary/aromatic N) is 5. The van der Waals surface area contributed by atoms with E-state index in [9.17, 15) is 9.18 Å². The molecule has 0 unspecified atom stereocenters. The van der Waals surface area contributed by atoms with Crippen molar-refractivity contribution in [2.45, 2.75) is 18.3 Å². The normalized spacial score (nSPS) is 17.3. The Morgan fingerprint density at radius 3 is 2.39 bits per heavy atom. The van der Waals surface area contributed by atoms with Gasteiger partial charge in [0.05, 0.1) is 5.41 Å². The Labute approximate surface area is 180 Å². The van der Waals surface area contributed by atoms with Gasteiger partial charge in [-0.05, 0) is 42.7 Å². The zero-order chi connectivity index (χ0) is 21.3. The first kappa shape index (κ1) is 19.4. The molecule has 158 valence electrons. The molecule has 1 aliphatic heterocycles. The highest BCUT2D eigenvalue weighted by Gasteiger charge is 2.53. The van der Waals surface area contributed by atoms with Gasteiger partial charge in [0.2, 0.25) is 5.91 Å². The molecule has 0 bridgehead atoms. The van der Waals surface area contributed by atoms with Crippen molar-refractivity contribution in [3.8, 4) is 0 Å². The first-order valence-electron chi connectivity index (χ1n) is 10.4. The van der Waals surface area contributed by atoms with E-state index in [0.717, 1.165) is 30.0 Å². The number of amides is 1. The molecule has 31 heavy (non-hydrogen) atoms. The molecular formula is C23H23FN6O. The van der Waals surface area contributed by atoms with Crippen molar-refractivity contribution < 1.29 is 9.18 Å². The molecule has 8 heteroatoms. The third-order valence-corrected chi connectivity index (χ3v) is 6.02. The van der Waals surface area contributed by atoms with Crippen molar-refractivity contribution in [1.29, 1.82) is 0 Å². The number of hydrogen-bond donors (Lipinski definition) is 1. The van der Waals surface area contributed by atoms with Crippen LogP contribution in [0.1, 0.15) is 18.4 Å². The van der Waals surface area contributed by atoms with Crippen LogP contribution in [0.15, 0.2) is 61.1 Å². The molecule has 2 fully saturated rings. The van der Waals surface area contributed by atoms with Crippen LogP contribution in [0.3, 0.4) is 0 Å². The Bertz CT molecular complexity index is 1060. The fourth-order valence-electron chi connectivity index (χ4n) is 4.12. The summed E-state index contributed by atoms with van der Waals surface area (Å²) in [5.41, 5.74) is 0.451. The third kappa shape index (κ3) is 3.93. The quantitative estimate of drug-likeness (QED) is 0.686. The number of rotatable bonds is 5. The third-order valence-electron chi connectivity index (χ3n) is 6.02. The van der Waals surface area contributed by atoms with Crippen molar-refractivity contribution in [1.82, 2.24) is 19.9 Å². The summed E-state index contributed by atoms with van der Waals surface area (Å²) >= 11 is 0. The van der Waals surface area contributed by atoms with Crippen molar-refractivity contribution >= 4 is 23.4 Å². The topological polar surface area (TPSA) is 74.2 Å². The second kappa shape index (κ2) is 7.94. The predicted octanol–water partition coefficient (Wildman–Crippen LogP) is 3.13. The van der Waals surface area contributed by atoms with E-state index in [1.165, 1.54) is 18.5 Å². The smallest absolute Gasteiger partial charge is 0.233 e. The zero-order valence-electron chi connectivity index (χ0n) is 17.0. The lowest BCUT2D eigenvalue weighted by Crippen LogP contribution is -2.51. The highest BCUT2D eigenvalue weighted by atomic mass is 19.1. The Balaban J connectivity index is 1.23. The van der Waals surface area contributed by atoms with Gasteiger partial charge in [-0.1, -0.05) is 18.2 Å². The first-order chi connectivity index (χ1) is 15.1. The van der Waals surface area contributed by atoms with Gasteiger partial charge in [0.1, 0.15) is 29.6 Å². The summed E-state index contributed by atoms with van der Waals surface area (Å²) in [5, 5.41) is 3.18. The van der Waals surface area contributed by atoms with Crippen LogP contribution in [0.5, 0.6) is 0 Å². The number of halogens is 1. The van der Waals surface area contributed by atoms with Crippen LogP contribution in [-0.2, 0) is 10.2 Å². The lowest BCUT2D eigenvalue weighted by Gasteiger charge is -2.37. The monoisotopic (exact) mass is 418 g/mol. The number of nitrogens with one attached hydrogen (secondary N) is 1. The van der Waals surface area contributed by atoms with Crippen molar-refractivity contribution in [3.63, 3.8) is 0 Å². The summed E-state index contributed by atoms with van der Waals surface area (Å²) < 4.78 is 13.3. The average Bonchev–Trinajstić information content (AvgIpc) is 3.62. The molecule has 1 amide bonds. The van der Waals surface area contributed by atoms with E-state index in [-0.39, 0.29) is 11.7 Å². The van der Waals surface area contributed by atoms with E-state index in [1.807, 2.05) is 29.2 Å². The van der Waals surface area contributed by atoms with Crippen LogP contribution >= 0.6 is 0 Å². The summed E-state index contributed by atoms with van der Waals surface area (Å²) in [4.78, 5) is 30.3. The highest BCUT2D eigenvalue weighted by molar-refractivity contribution is 5.91. The molecule has 1 aromatic carbocycles. The zero-order valence-corrected chi connectivity index (χ0v) is 17.0. The maximum atomic E-state index is 13.3. The Hall–Kier alpha value is -3.55. The van der Waals surface area contributed by atoms with Gasteiger partial charge < -0.3 is 15.1 Å². The molecule has 3 heterocycles. The Morgan fingerprint density at radius 2 is 1.71 bits per heavy atom. The van der Waals surface area contributed by atoms with Gasteiger partial charge in [-0.3, -0.25) is 4.79 Å². The van der Waals surface area contributed by atoms with Gasteiger partial charge in [-0.25, -0.2) is 19.3 Å². The summed E-state index contributed by atoms with van der Waals surface area (Å²) in [7, 11) is 0. The second-order valence-electron chi connectivity index (χ2n) is 7.97. The lowest BCUT2D eigenvalue weighted by molar-refractivity contribution is -0.134. The Morgan fingerprint density at radius 1 is 0.935 bits per heavy atom.